The first-order chi connectivity index (χ1) is 13.9. The molecule has 0 aromatic heterocycles. The number of likely N-dealkylation sites (tertiary alicyclic amines) is 1. The molecule has 0 saturated carbocycles. The highest BCUT2D eigenvalue weighted by Crippen LogP contribution is 2.52. The standard InChI is InChI=1S/C22H20FN3O3/c1-12-17-18(20(28)26(19(17)27)10-9-13-5-3-2-4-6-13)22(25-12)15-11-14(23)7-8-16(15)24-21(22)29/h2-8,11-12,17-18,25H,9-10H2,1H3,(H,24,29)/t12-,17+,18-,22+/m0/s1. The van der Waals surface area contributed by atoms with Crippen molar-refractivity contribution in [2.24, 2.45) is 11.8 Å². The molecule has 7 heteroatoms. The first-order valence-electron chi connectivity index (χ1n) is 9.72. The van der Waals surface area contributed by atoms with Crippen molar-refractivity contribution in [3.8, 4) is 0 Å². The van der Waals surface area contributed by atoms with Gasteiger partial charge >= 0.3 is 0 Å². The van der Waals surface area contributed by atoms with Crippen LogP contribution in [-0.2, 0) is 26.3 Å². The summed E-state index contributed by atoms with van der Waals surface area (Å²) in [6.45, 7) is 2.05. The molecule has 29 heavy (non-hydrogen) atoms. The van der Waals surface area contributed by atoms with Gasteiger partial charge in [0.05, 0.1) is 11.8 Å². The lowest BCUT2D eigenvalue weighted by Gasteiger charge is -2.29. The number of imide groups is 1. The molecule has 2 aromatic carbocycles. The summed E-state index contributed by atoms with van der Waals surface area (Å²) in [7, 11) is 0. The van der Waals surface area contributed by atoms with Crippen molar-refractivity contribution in [2.45, 2.75) is 24.9 Å². The summed E-state index contributed by atoms with van der Waals surface area (Å²) in [5.41, 5.74) is 0.472. The summed E-state index contributed by atoms with van der Waals surface area (Å²) in [4.78, 5) is 40.8. The van der Waals surface area contributed by atoms with E-state index in [1.807, 2.05) is 30.3 Å². The Hall–Kier alpha value is -3.06. The zero-order valence-electron chi connectivity index (χ0n) is 15.8. The lowest BCUT2D eigenvalue weighted by Crippen LogP contribution is -2.53. The molecule has 3 amide bonds. The smallest absolute Gasteiger partial charge is 0.250 e. The zero-order valence-corrected chi connectivity index (χ0v) is 15.8. The number of carbonyl (C=O) groups is 3. The number of fused-ring (bicyclic) bond motifs is 4. The molecule has 0 unspecified atom stereocenters. The van der Waals surface area contributed by atoms with Crippen LogP contribution in [0.25, 0.3) is 0 Å². The van der Waals surface area contributed by atoms with Crippen LogP contribution in [0.5, 0.6) is 0 Å². The van der Waals surface area contributed by atoms with E-state index in [9.17, 15) is 18.8 Å². The van der Waals surface area contributed by atoms with Crippen molar-refractivity contribution in [1.29, 1.82) is 0 Å². The number of halogens is 1. The van der Waals surface area contributed by atoms with Crippen LogP contribution in [-0.4, -0.2) is 35.2 Å². The lowest BCUT2D eigenvalue weighted by molar-refractivity contribution is -0.142. The van der Waals surface area contributed by atoms with Gasteiger partial charge in [0.15, 0.2) is 0 Å². The Balaban J connectivity index is 1.52. The van der Waals surface area contributed by atoms with Gasteiger partial charge in [0.25, 0.3) is 0 Å². The SMILES string of the molecule is C[C@@H]1N[C@@]2(C(=O)Nc3ccc(F)cc32)[C@@H]2C(=O)N(CCc3ccccc3)C(=O)[C@H]12. The largest absolute Gasteiger partial charge is 0.324 e. The van der Waals surface area contributed by atoms with E-state index in [2.05, 4.69) is 10.6 Å². The van der Waals surface area contributed by atoms with Gasteiger partial charge in [0, 0.05) is 23.8 Å². The van der Waals surface area contributed by atoms with Crippen LogP contribution in [0.2, 0.25) is 0 Å². The normalized spacial score (nSPS) is 30.1. The van der Waals surface area contributed by atoms with E-state index in [0.29, 0.717) is 17.7 Å². The second kappa shape index (κ2) is 6.22. The Morgan fingerprint density at radius 3 is 2.59 bits per heavy atom. The first kappa shape index (κ1) is 18.0. The number of amides is 3. The maximum atomic E-state index is 14.0. The summed E-state index contributed by atoms with van der Waals surface area (Å²) < 4.78 is 14.0. The third-order valence-electron chi connectivity index (χ3n) is 6.38. The first-order valence-corrected chi connectivity index (χ1v) is 9.72. The van der Waals surface area contributed by atoms with Gasteiger partial charge in [0.2, 0.25) is 17.7 Å². The van der Waals surface area contributed by atoms with Gasteiger partial charge in [0.1, 0.15) is 11.4 Å². The van der Waals surface area contributed by atoms with Gasteiger partial charge in [-0.05, 0) is 37.1 Å². The van der Waals surface area contributed by atoms with Crippen LogP contribution < -0.4 is 10.6 Å². The zero-order chi connectivity index (χ0) is 20.3. The van der Waals surface area contributed by atoms with Crippen LogP contribution in [0.3, 0.4) is 0 Å². The highest BCUT2D eigenvalue weighted by atomic mass is 19.1. The van der Waals surface area contributed by atoms with Crippen molar-refractivity contribution >= 4 is 23.4 Å². The summed E-state index contributed by atoms with van der Waals surface area (Å²) in [6.07, 6.45) is 0.546. The molecule has 2 aromatic rings. The number of benzene rings is 2. The molecule has 2 saturated heterocycles. The number of hydrogen-bond donors (Lipinski definition) is 2. The van der Waals surface area contributed by atoms with Gasteiger partial charge in [-0.3, -0.25) is 24.6 Å². The van der Waals surface area contributed by atoms with Crippen LogP contribution in [0, 0.1) is 17.7 Å². The highest BCUT2D eigenvalue weighted by molar-refractivity contribution is 6.15. The second-order valence-corrected chi connectivity index (χ2v) is 7.95. The average molecular weight is 393 g/mol. The average Bonchev–Trinajstić information content (AvgIpc) is 3.26. The molecular weight excluding hydrogens is 373 g/mol. The van der Waals surface area contributed by atoms with Crippen LogP contribution in [0.1, 0.15) is 18.1 Å². The molecule has 0 aliphatic carbocycles. The molecule has 6 nitrogen and oxygen atoms in total. The quantitative estimate of drug-likeness (QED) is 0.780. The van der Waals surface area contributed by atoms with E-state index in [1.165, 1.54) is 23.1 Å². The summed E-state index contributed by atoms with van der Waals surface area (Å²) >= 11 is 0. The van der Waals surface area contributed by atoms with E-state index in [1.54, 1.807) is 6.92 Å². The van der Waals surface area contributed by atoms with Gasteiger partial charge in [-0.2, -0.15) is 0 Å². The van der Waals surface area contributed by atoms with Crippen molar-refractivity contribution in [3.05, 3.63) is 65.5 Å². The van der Waals surface area contributed by atoms with Crippen LogP contribution in [0.4, 0.5) is 10.1 Å². The van der Waals surface area contributed by atoms with Gasteiger partial charge in [-0.1, -0.05) is 30.3 Å². The third-order valence-corrected chi connectivity index (χ3v) is 6.38. The second-order valence-electron chi connectivity index (χ2n) is 7.95. The Morgan fingerprint density at radius 2 is 1.83 bits per heavy atom. The minimum Gasteiger partial charge on any atom is -0.324 e. The maximum absolute atomic E-state index is 14.0. The Bertz CT molecular complexity index is 1040. The summed E-state index contributed by atoms with van der Waals surface area (Å²) in [6, 6.07) is 13.3. The molecule has 148 valence electrons. The van der Waals surface area contributed by atoms with Gasteiger partial charge < -0.3 is 5.32 Å². The van der Waals surface area contributed by atoms with Gasteiger partial charge in [-0.25, -0.2) is 4.39 Å². The minimum atomic E-state index is -1.42. The number of carbonyl (C=O) groups excluding carboxylic acids is 3. The van der Waals surface area contributed by atoms with Crippen molar-refractivity contribution in [3.63, 3.8) is 0 Å². The predicted molar refractivity (Wildman–Crippen MR) is 103 cm³/mol. The minimum absolute atomic E-state index is 0.259. The molecule has 2 fully saturated rings. The fourth-order valence-corrected chi connectivity index (χ4v) is 5.10. The summed E-state index contributed by atoms with van der Waals surface area (Å²) in [5.74, 6) is -3.09. The maximum Gasteiger partial charge on any atom is 0.250 e. The number of nitrogens with zero attached hydrogens (tertiary/aromatic N) is 1. The molecule has 2 N–H and O–H groups in total. The van der Waals surface area contributed by atoms with Crippen molar-refractivity contribution < 1.29 is 18.8 Å². The fraction of sp³-hybridized carbons (Fsp3) is 0.318. The number of rotatable bonds is 3. The molecule has 3 heterocycles. The Labute approximate surface area is 167 Å². The van der Waals surface area contributed by atoms with E-state index in [4.69, 9.17) is 0 Å². The predicted octanol–water partition coefficient (Wildman–Crippen LogP) is 1.81. The fourth-order valence-electron chi connectivity index (χ4n) is 5.10. The molecule has 0 bridgehead atoms. The Kier molecular flexibility index (Phi) is 3.86. The van der Waals surface area contributed by atoms with E-state index in [-0.39, 0.29) is 18.4 Å². The monoisotopic (exact) mass is 393 g/mol. The molecule has 5 rings (SSSR count). The molecular formula is C22H20FN3O3. The number of hydrogen-bond acceptors (Lipinski definition) is 4. The topological polar surface area (TPSA) is 78.5 Å². The third kappa shape index (κ3) is 2.40. The molecule has 0 radical (unpaired) electrons. The lowest BCUT2D eigenvalue weighted by atomic mass is 9.76. The van der Waals surface area contributed by atoms with Crippen molar-refractivity contribution in [2.75, 3.05) is 11.9 Å². The highest BCUT2D eigenvalue weighted by Gasteiger charge is 2.69. The number of nitrogens with one attached hydrogen (secondary N) is 2. The van der Waals surface area contributed by atoms with E-state index in [0.717, 1.165) is 5.56 Å². The Morgan fingerprint density at radius 1 is 1.07 bits per heavy atom. The van der Waals surface area contributed by atoms with E-state index < -0.39 is 35.1 Å². The van der Waals surface area contributed by atoms with Crippen LogP contribution in [0.15, 0.2) is 48.5 Å². The molecule has 3 aliphatic rings. The number of anilines is 1. The molecule has 4 atom stereocenters. The van der Waals surface area contributed by atoms with Crippen LogP contribution >= 0.6 is 0 Å². The summed E-state index contributed by atoms with van der Waals surface area (Å²) in [5, 5.41) is 5.92. The van der Waals surface area contributed by atoms with Gasteiger partial charge in [-0.15, -0.1) is 0 Å². The molecule has 3 aliphatic heterocycles. The van der Waals surface area contributed by atoms with E-state index >= 15 is 0 Å². The molecule has 1 spiro atoms. The van der Waals surface area contributed by atoms with Crippen molar-refractivity contribution in [1.82, 2.24) is 10.2 Å².